The lowest BCUT2D eigenvalue weighted by atomic mass is 9.94. The average molecular weight is 272 g/mol. The molecular formula is C17H24N2O. The predicted octanol–water partition coefficient (Wildman–Crippen LogP) is 2.58. The number of ether oxygens (including phenoxy) is 1. The summed E-state index contributed by atoms with van der Waals surface area (Å²) in [6.07, 6.45) is 5.40. The van der Waals surface area contributed by atoms with Crippen molar-refractivity contribution in [1.82, 2.24) is 10.2 Å². The highest BCUT2D eigenvalue weighted by Gasteiger charge is 2.36. The van der Waals surface area contributed by atoms with E-state index in [1.54, 1.807) is 0 Å². The molecule has 0 radical (unpaired) electrons. The van der Waals surface area contributed by atoms with E-state index >= 15 is 0 Å². The molecule has 1 atom stereocenters. The Kier molecular flexibility index (Phi) is 4.08. The summed E-state index contributed by atoms with van der Waals surface area (Å²) in [5.74, 6) is 1.06. The zero-order valence-electron chi connectivity index (χ0n) is 12.1. The van der Waals surface area contributed by atoms with Crippen LogP contribution in [-0.4, -0.2) is 36.7 Å². The van der Waals surface area contributed by atoms with Crippen LogP contribution in [0.25, 0.3) is 0 Å². The molecule has 1 fully saturated rings. The molecule has 1 N–H and O–H groups in total. The van der Waals surface area contributed by atoms with Gasteiger partial charge in [0.05, 0.1) is 0 Å². The molecule has 1 aromatic carbocycles. The van der Waals surface area contributed by atoms with E-state index in [1.165, 1.54) is 12.0 Å². The van der Waals surface area contributed by atoms with E-state index in [0.29, 0.717) is 0 Å². The van der Waals surface area contributed by atoms with Crippen molar-refractivity contribution >= 4 is 0 Å². The Morgan fingerprint density at radius 1 is 1.30 bits per heavy atom. The maximum atomic E-state index is 6.48. The van der Waals surface area contributed by atoms with Crippen molar-refractivity contribution < 1.29 is 4.74 Å². The van der Waals surface area contributed by atoms with Gasteiger partial charge in [-0.3, -0.25) is 4.90 Å². The molecule has 3 rings (SSSR count). The Hall–Kier alpha value is -1.32. The van der Waals surface area contributed by atoms with Crippen molar-refractivity contribution in [3.05, 3.63) is 42.5 Å². The van der Waals surface area contributed by atoms with Gasteiger partial charge < -0.3 is 10.1 Å². The van der Waals surface area contributed by atoms with Crippen LogP contribution in [0.1, 0.15) is 24.8 Å². The SMILES string of the molecule is C=CCN1CCC[C@@]2(CC1)CNCc1ccccc1O2. The third-order valence-corrected chi connectivity index (χ3v) is 4.44. The van der Waals surface area contributed by atoms with Crippen LogP contribution in [0.4, 0.5) is 0 Å². The van der Waals surface area contributed by atoms with Gasteiger partial charge in [-0.2, -0.15) is 0 Å². The summed E-state index contributed by atoms with van der Waals surface area (Å²) in [7, 11) is 0. The second-order valence-electron chi connectivity index (χ2n) is 5.94. The van der Waals surface area contributed by atoms with Crippen LogP contribution < -0.4 is 10.1 Å². The highest BCUT2D eigenvalue weighted by molar-refractivity contribution is 5.34. The first-order chi connectivity index (χ1) is 9.81. The normalized spacial score (nSPS) is 27.2. The summed E-state index contributed by atoms with van der Waals surface area (Å²) in [5.41, 5.74) is 1.24. The first-order valence-corrected chi connectivity index (χ1v) is 7.62. The van der Waals surface area contributed by atoms with Gasteiger partial charge in [0.15, 0.2) is 0 Å². The van der Waals surface area contributed by atoms with E-state index in [4.69, 9.17) is 4.74 Å². The van der Waals surface area contributed by atoms with E-state index in [-0.39, 0.29) is 5.60 Å². The predicted molar refractivity (Wildman–Crippen MR) is 82.0 cm³/mol. The Labute approximate surface area is 121 Å². The van der Waals surface area contributed by atoms with Gasteiger partial charge in [-0.25, -0.2) is 0 Å². The van der Waals surface area contributed by atoms with Crippen molar-refractivity contribution in [2.24, 2.45) is 0 Å². The minimum atomic E-state index is -0.0392. The van der Waals surface area contributed by atoms with Crippen LogP contribution >= 0.6 is 0 Å². The summed E-state index contributed by atoms with van der Waals surface area (Å²) in [6, 6.07) is 8.41. The summed E-state index contributed by atoms with van der Waals surface area (Å²) in [6.45, 7) is 8.94. The molecule has 0 aromatic heterocycles. The molecule has 2 heterocycles. The number of nitrogens with zero attached hydrogens (tertiary/aromatic N) is 1. The second kappa shape index (κ2) is 5.98. The van der Waals surface area contributed by atoms with Crippen LogP contribution in [-0.2, 0) is 6.54 Å². The van der Waals surface area contributed by atoms with E-state index < -0.39 is 0 Å². The fourth-order valence-corrected chi connectivity index (χ4v) is 3.31. The van der Waals surface area contributed by atoms with Crippen molar-refractivity contribution in [3.8, 4) is 5.75 Å². The Bertz CT molecular complexity index is 474. The number of nitrogens with one attached hydrogen (secondary N) is 1. The summed E-state index contributed by atoms with van der Waals surface area (Å²) < 4.78 is 6.48. The zero-order valence-corrected chi connectivity index (χ0v) is 12.1. The third-order valence-electron chi connectivity index (χ3n) is 4.44. The maximum Gasteiger partial charge on any atom is 0.124 e. The Morgan fingerprint density at radius 3 is 3.10 bits per heavy atom. The molecule has 0 unspecified atom stereocenters. The topological polar surface area (TPSA) is 24.5 Å². The lowest BCUT2D eigenvalue weighted by Gasteiger charge is -2.32. The smallest absolute Gasteiger partial charge is 0.124 e. The lowest BCUT2D eigenvalue weighted by Crippen LogP contribution is -2.44. The molecule has 0 amide bonds. The van der Waals surface area contributed by atoms with Gasteiger partial charge in [-0.15, -0.1) is 6.58 Å². The molecule has 0 saturated carbocycles. The Balaban J connectivity index is 1.77. The number of rotatable bonds is 2. The van der Waals surface area contributed by atoms with Gasteiger partial charge in [0.1, 0.15) is 11.4 Å². The van der Waals surface area contributed by atoms with Gasteiger partial charge in [-0.1, -0.05) is 24.3 Å². The molecule has 1 aromatic rings. The standard InChI is InChI=1S/C17H24N2O/c1-2-10-19-11-5-8-17(9-12-19)14-18-13-15-6-3-4-7-16(15)20-17/h2-4,6-7,18H,1,5,8-14H2/t17-/m1/s1. The van der Waals surface area contributed by atoms with E-state index in [0.717, 1.165) is 51.3 Å². The molecule has 3 heteroatoms. The summed E-state index contributed by atoms with van der Waals surface area (Å²) >= 11 is 0. The first kappa shape index (κ1) is 13.7. The van der Waals surface area contributed by atoms with Crippen LogP contribution in [0.5, 0.6) is 5.75 Å². The fraction of sp³-hybridized carbons (Fsp3) is 0.529. The maximum absolute atomic E-state index is 6.48. The van der Waals surface area contributed by atoms with Crippen LogP contribution in [0.3, 0.4) is 0 Å². The monoisotopic (exact) mass is 272 g/mol. The largest absolute Gasteiger partial charge is 0.486 e. The number of likely N-dealkylation sites (tertiary alicyclic amines) is 1. The molecule has 1 spiro atoms. The van der Waals surface area contributed by atoms with Crippen LogP contribution in [0.2, 0.25) is 0 Å². The molecule has 108 valence electrons. The van der Waals surface area contributed by atoms with Crippen molar-refractivity contribution in [2.45, 2.75) is 31.4 Å². The van der Waals surface area contributed by atoms with E-state index in [1.807, 2.05) is 6.08 Å². The summed E-state index contributed by atoms with van der Waals surface area (Å²) in [5, 5.41) is 3.57. The molecule has 0 bridgehead atoms. The lowest BCUT2D eigenvalue weighted by molar-refractivity contribution is 0.0583. The van der Waals surface area contributed by atoms with Gasteiger partial charge in [0.2, 0.25) is 0 Å². The van der Waals surface area contributed by atoms with Crippen LogP contribution in [0, 0.1) is 0 Å². The van der Waals surface area contributed by atoms with E-state index in [2.05, 4.69) is 41.1 Å². The fourth-order valence-electron chi connectivity index (χ4n) is 3.31. The molecule has 20 heavy (non-hydrogen) atoms. The molecule has 2 aliphatic rings. The van der Waals surface area contributed by atoms with Crippen molar-refractivity contribution in [2.75, 3.05) is 26.2 Å². The minimum Gasteiger partial charge on any atom is -0.486 e. The molecule has 3 nitrogen and oxygen atoms in total. The van der Waals surface area contributed by atoms with E-state index in [9.17, 15) is 0 Å². The van der Waals surface area contributed by atoms with Crippen molar-refractivity contribution in [1.29, 1.82) is 0 Å². The Morgan fingerprint density at radius 2 is 2.20 bits per heavy atom. The number of para-hydroxylation sites is 1. The van der Waals surface area contributed by atoms with Gasteiger partial charge in [0.25, 0.3) is 0 Å². The molecule has 1 saturated heterocycles. The highest BCUT2D eigenvalue weighted by Crippen LogP contribution is 2.32. The molecule has 2 aliphatic heterocycles. The molecule has 0 aliphatic carbocycles. The first-order valence-electron chi connectivity index (χ1n) is 7.62. The highest BCUT2D eigenvalue weighted by atomic mass is 16.5. The quantitative estimate of drug-likeness (QED) is 0.838. The van der Waals surface area contributed by atoms with Crippen molar-refractivity contribution in [3.63, 3.8) is 0 Å². The minimum absolute atomic E-state index is 0.0392. The second-order valence-corrected chi connectivity index (χ2v) is 5.94. The number of hydrogen-bond acceptors (Lipinski definition) is 3. The number of hydrogen-bond donors (Lipinski definition) is 1. The average Bonchev–Trinajstić information content (AvgIpc) is 2.76. The van der Waals surface area contributed by atoms with Gasteiger partial charge in [-0.05, 0) is 25.5 Å². The van der Waals surface area contributed by atoms with Gasteiger partial charge in [0, 0.05) is 38.2 Å². The number of fused-ring (bicyclic) bond motifs is 1. The zero-order chi connectivity index (χ0) is 13.8. The summed E-state index contributed by atoms with van der Waals surface area (Å²) in [4.78, 5) is 2.47. The number of benzene rings is 1. The molecular weight excluding hydrogens is 248 g/mol. The van der Waals surface area contributed by atoms with Gasteiger partial charge >= 0.3 is 0 Å². The van der Waals surface area contributed by atoms with Crippen LogP contribution in [0.15, 0.2) is 36.9 Å². The third kappa shape index (κ3) is 2.89.